The van der Waals surface area contributed by atoms with Crippen molar-refractivity contribution in [3.8, 4) is 16.2 Å². The van der Waals surface area contributed by atoms with E-state index in [1.807, 2.05) is 23.5 Å². The average molecular weight is 500 g/mol. The first-order valence-electron chi connectivity index (χ1n) is 12.8. The number of nitrogens with zero attached hydrogens (tertiary/aromatic N) is 1. The van der Waals surface area contributed by atoms with Gasteiger partial charge in [-0.1, -0.05) is 42.5 Å². The molecule has 36 heavy (non-hydrogen) atoms. The molecule has 0 unspecified atom stereocenters. The van der Waals surface area contributed by atoms with Gasteiger partial charge in [-0.3, -0.25) is 9.69 Å². The number of ether oxygens (including phenoxy) is 2. The van der Waals surface area contributed by atoms with Gasteiger partial charge in [0.1, 0.15) is 5.75 Å². The predicted octanol–water partition coefficient (Wildman–Crippen LogP) is 7.09. The predicted molar refractivity (Wildman–Crippen MR) is 148 cm³/mol. The Hall–Kier alpha value is -3.15. The summed E-state index contributed by atoms with van der Waals surface area (Å²) in [5.74, 6) is 0.618. The van der Waals surface area contributed by atoms with E-state index < -0.39 is 0 Å². The first-order chi connectivity index (χ1) is 17.7. The third-order valence-electron chi connectivity index (χ3n) is 6.85. The summed E-state index contributed by atoms with van der Waals surface area (Å²) in [6.07, 6.45) is 4.59. The molecule has 3 aromatic carbocycles. The number of rotatable bonds is 10. The number of thiophene rings is 1. The van der Waals surface area contributed by atoms with Gasteiger partial charge in [0.05, 0.1) is 13.7 Å². The maximum absolute atomic E-state index is 11.3. The van der Waals surface area contributed by atoms with Gasteiger partial charge in [-0.25, -0.2) is 0 Å². The Morgan fingerprint density at radius 3 is 2.39 bits per heavy atom. The zero-order chi connectivity index (χ0) is 24.7. The molecule has 0 atom stereocenters. The molecule has 0 N–H and O–H groups in total. The standard InChI is InChI=1S/C31H33NO3S/c1-34-30(33)9-6-20-35-26-16-14-25(15-17-26)31-28(27-7-2-3-8-29(27)36-31)21-23-10-12-24(13-11-23)22-32-18-4-5-19-32/h2-3,7-8,10-17H,4-6,9,18-22H2,1H3. The van der Waals surface area contributed by atoms with Gasteiger partial charge in [-0.05, 0) is 96.7 Å². The van der Waals surface area contributed by atoms with Crippen LogP contribution in [-0.4, -0.2) is 37.7 Å². The molecular weight excluding hydrogens is 466 g/mol. The number of methoxy groups -OCH3 is 1. The van der Waals surface area contributed by atoms with Crippen LogP contribution in [0.1, 0.15) is 42.4 Å². The highest BCUT2D eigenvalue weighted by Crippen LogP contribution is 2.40. The Bertz CT molecular complexity index is 1290. The van der Waals surface area contributed by atoms with Crippen LogP contribution in [0.5, 0.6) is 5.75 Å². The third-order valence-corrected chi connectivity index (χ3v) is 8.11. The fraction of sp³-hybridized carbons (Fsp3) is 0.323. The van der Waals surface area contributed by atoms with E-state index in [0.717, 1.165) is 18.7 Å². The number of carbonyl (C=O) groups is 1. The molecule has 0 radical (unpaired) electrons. The Labute approximate surface area is 217 Å². The Morgan fingerprint density at radius 2 is 1.64 bits per heavy atom. The van der Waals surface area contributed by atoms with Gasteiger partial charge in [-0.2, -0.15) is 0 Å². The van der Waals surface area contributed by atoms with Crippen LogP contribution in [-0.2, 0) is 22.5 Å². The minimum absolute atomic E-state index is 0.201. The van der Waals surface area contributed by atoms with Crippen LogP contribution < -0.4 is 4.74 Å². The van der Waals surface area contributed by atoms with Gasteiger partial charge in [0.25, 0.3) is 0 Å². The SMILES string of the molecule is COC(=O)CCCOc1ccc(-c2sc3ccccc3c2Cc2ccc(CN3CCCC3)cc2)cc1. The minimum atomic E-state index is -0.201. The van der Waals surface area contributed by atoms with Crippen molar-refractivity contribution >= 4 is 27.4 Å². The molecule has 0 aliphatic carbocycles. The van der Waals surface area contributed by atoms with Crippen LogP contribution in [0.3, 0.4) is 0 Å². The number of likely N-dealkylation sites (tertiary alicyclic amines) is 1. The van der Waals surface area contributed by atoms with Crippen molar-refractivity contribution in [1.29, 1.82) is 0 Å². The van der Waals surface area contributed by atoms with Crippen molar-refractivity contribution in [1.82, 2.24) is 4.90 Å². The van der Waals surface area contributed by atoms with Crippen molar-refractivity contribution < 1.29 is 14.3 Å². The molecule has 1 fully saturated rings. The number of carbonyl (C=O) groups excluding carboxylic acids is 1. The summed E-state index contributed by atoms with van der Waals surface area (Å²) in [5.41, 5.74) is 5.34. The van der Waals surface area contributed by atoms with Crippen molar-refractivity contribution in [3.63, 3.8) is 0 Å². The van der Waals surface area contributed by atoms with Crippen LogP contribution in [0.2, 0.25) is 0 Å². The lowest BCUT2D eigenvalue weighted by atomic mass is 9.98. The summed E-state index contributed by atoms with van der Waals surface area (Å²) in [7, 11) is 1.41. The summed E-state index contributed by atoms with van der Waals surface area (Å²) >= 11 is 1.85. The first kappa shape index (κ1) is 24.5. The molecule has 0 amide bonds. The molecule has 1 aliphatic heterocycles. The fourth-order valence-corrected chi connectivity index (χ4v) is 6.11. The van der Waals surface area contributed by atoms with E-state index in [-0.39, 0.29) is 5.97 Å². The van der Waals surface area contributed by atoms with E-state index in [1.165, 1.54) is 70.3 Å². The second kappa shape index (κ2) is 11.7. The Kier molecular flexibility index (Phi) is 7.99. The number of esters is 1. The Balaban J connectivity index is 1.32. The molecule has 186 valence electrons. The van der Waals surface area contributed by atoms with Gasteiger partial charge >= 0.3 is 5.97 Å². The topological polar surface area (TPSA) is 38.8 Å². The van der Waals surface area contributed by atoms with Crippen LogP contribution >= 0.6 is 11.3 Å². The van der Waals surface area contributed by atoms with E-state index in [1.54, 1.807) is 0 Å². The highest BCUT2D eigenvalue weighted by Gasteiger charge is 2.15. The molecule has 5 rings (SSSR count). The molecule has 1 saturated heterocycles. The van der Waals surface area contributed by atoms with Gasteiger partial charge in [-0.15, -0.1) is 11.3 Å². The number of benzene rings is 3. The van der Waals surface area contributed by atoms with Gasteiger partial charge < -0.3 is 9.47 Å². The number of fused-ring (bicyclic) bond motifs is 1. The maximum atomic E-state index is 11.3. The fourth-order valence-electron chi connectivity index (χ4n) is 4.88. The van der Waals surface area contributed by atoms with E-state index in [0.29, 0.717) is 19.4 Å². The molecule has 1 aliphatic rings. The lowest BCUT2D eigenvalue weighted by Gasteiger charge is -2.14. The molecule has 4 nitrogen and oxygen atoms in total. The summed E-state index contributed by atoms with van der Waals surface area (Å²) in [6.45, 7) is 4.01. The third kappa shape index (κ3) is 5.97. The van der Waals surface area contributed by atoms with Crippen molar-refractivity contribution in [3.05, 3.63) is 89.5 Å². The molecule has 1 aromatic heterocycles. The number of hydrogen-bond donors (Lipinski definition) is 0. The lowest BCUT2D eigenvalue weighted by Crippen LogP contribution is -2.18. The van der Waals surface area contributed by atoms with Crippen LogP contribution in [0.15, 0.2) is 72.8 Å². The normalized spacial score (nSPS) is 13.8. The molecule has 0 spiro atoms. The van der Waals surface area contributed by atoms with Gasteiger partial charge in [0, 0.05) is 22.5 Å². The molecule has 0 bridgehead atoms. The maximum Gasteiger partial charge on any atom is 0.305 e. The second-order valence-electron chi connectivity index (χ2n) is 9.43. The van der Waals surface area contributed by atoms with Crippen molar-refractivity contribution in [2.75, 3.05) is 26.8 Å². The molecule has 0 saturated carbocycles. The minimum Gasteiger partial charge on any atom is -0.494 e. The van der Waals surface area contributed by atoms with E-state index in [9.17, 15) is 4.79 Å². The zero-order valence-electron chi connectivity index (χ0n) is 20.9. The van der Waals surface area contributed by atoms with Crippen LogP contribution in [0.4, 0.5) is 0 Å². The van der Waals surface area contributed by atoms with E-state index >= 15 is 0 Å². The second-order valence-corrected chi connectivity index (χ2v) is 10.5. The van der Waals surface area contributed by atoms with Gasteiger partial charge in [0.2, 0.25) is 0 Å². The summed E-state index contributed by atoms with van der Waals surface area (Å²) < 4.78 is 11.8. The first-order valence-corrected chi connectivity index (χ1v) is 13.6. The highest BCUT2D eigenvalue weighted by atomic mass is 32.1. The molecular formula is C31H33NO3S. The van der Waals surface area contributed by atoms with E-state index in [2.05, 4.69) is 70.3 Å². The number of hydrogen-bond acceptors (Lipinski definition) is 5. The lowest BCUT2D eigenvalue weighted by molar-refractivity contribution is -0.140. The molecule has 4 aromatic rings. The van der Waals surface area contributed by atoms with E-state index in [4.69, 9.17) is 4.74 Å². The summed E-state index contributed by atoms with van der Waals surface area (Å²) in [6, 6.07) is 26.2. The van der Waals surface area contributed by atoms with Gasteiger partial charge in [0.15, 0.2) is 0 Å². The Morgan fingerprint density at radius 1 is 0.917 bits per heavy atom. The highest BCUT2D eigenvalue weighted by molar-refractivity contribution is 7.22. The summed E-state index contributed by atoms with van der Waals surface area (Å²) in [5, 5.41) is 1.33. The van der Waals surface area contributed by atoms with Crippen LogP contribution in [0.25, 0.3) is 20.5 Å². The smallest absolute Gasteiger partial charge is 0.305 e. The monoisotopic (exact) mass is 499 g/mol. The largest absolute Gasteiger partial charge is 0.494 e. The zero-order valence-corrected chi connectivity index (χ0v) is 21.7. The quantitative estimate of drug-likeness (QED) is 0.173. The van der Waals surface area contributed by atoms with Crippen LogP contribution in [0, 0.1) is 0 Å². The van der Waals surface area contributed by atoms with Crippen molar-refractivity contribution in [2.45, 2.75) is 38.6 Å². The summed E-state index contributed by atoms with van der Waals surface area (Å²) in [4.78, 5) is 15.1. The molecule has 5 heteroatoms. The molecule has 2 heterocycles. The average Bonchev–Trinajstić information content (AvgIpc) is 3.56. The van der Waals surface area contributed by atoms with Crippen molar-refractivity contribution in [2.24, 2.45) is 0 Å².